The van der Waals surface area contributed by atoms with Gasteiger partial charge in [-0.1, -0.05) is 0 Å². The normalized spacial score (nSPS) is 22.4. The van der Waals surface area contributed by atoms with Crippen LogP contribution < -0.4 is 0 Å². The minimum atomic E-state index is -2.09. The van der Waals surface area contributed by atoms with Crippen molar-refractivity contribution in [3.8, 4) is 0 Å². The van der Waals surface area contributed by atoms with Gasteiger partial charge in [-0.05, 0) is 0 Å². The molecule has 0 aromatic heterocycles. The van der Waals surface area contributed by atoms with E-state index in [1.54, 1.807) is 0 Å². The molecule has 76 valence electrons. The van der Waals surface area contributed by atoms with Crippen LogP contribution in [0.1, 0.15) is 33.1 Å². The van der Waals surface area contributed by atoms with Gasteiger partial charge in [-0.15, -0.1) is 0 Å². The summed E-state index contributed by atoms with van der Waals surface area (Å²) in [6, 6.07) is 0. The van der Waals surface area contributed by atoms with E-state index in [4.69, 9.17) is 3.07 Å². The summed E-state index contributed by atoms with van der Waals surface area (Å²) < 4.78 is 6.16. The second-order valence-corrected chi connectivity index (χ2v) is 18.2. The first-order chi connectivity index (χ1) is 5.81. The Morgan fingerprint density at radius 1 is 1.31 bits per heavy atom. The summed E-state index contributed by atoms with van der Waals surface area (Å²) >= 11 is -2.09. The van der Waals surface area contributed by atoms with Gasteiger partial charge in [0.2, 0.25) is 0 Å². The van der Waals surface area contributed by atoms with Gasteiger partial charge in [0.1, 0.15) is 0 Å². The fraction of sp³-hybridized carbons (Fsp3) is 0.818. The second kappa shape index (κ2) is 3.83. The molecule has 0 aliphatic heterocycles. The molecule has 0 radical (unpaired) electrons. The van der Waals surface area contributed by atoms with Crippen molar-refractivity contribution in [3.63, 3.8) is 0 Å². The summed E-state index contributed by atoms with van der Waals surface area (Å²) in [4.78, 5) is 6.96. The average Bonchev–Trinajstić information content (AvgIpc) is 1.91. The molecule has 0 N–H and O–H groups in total. The van der Waals surface area contributed by atoms with Crippen molar-refractivity contribution in [2.24, 2.45) is 5.41 Å². The Kier molecular flexibility index (Phi) is 3.37. The van der Waals surface area contributed by atoms with Gasteiger partial charge in [0.15, 0.2) is 0 Å². The molecule has 0 heterocycles. The molecule has 0 bridgehead atoms. The summed E-state index contributed by atoms with van der Waals surface area (Å²) in [5.74, 6) is 1.28. The molecule has 2 heteroatoms. The van der Waals surface area contributed by atoms with Gasteiger partial charge in [-0.3, -0.25) is 0 Å². The fourth-order valence-corrected chi connectivity index (χ4v) is 4.60. The van der Waals surface area contributed by atoms with E-state index in [9.17, 15) is 0 Å². The van der Waals surface area contributed by atoms with Crippen LogP contribution in [0, 0.1) is 5.41 Å². The molecule has 0 fully saturated rings. The average molecular weight is 289 g/mol. The van der Waals surface area contributed by atoms with E-state index in [0.717, 1.165) is 0 Å². The van der Waals surface area contributed by atoms with E-state index in [-0.39, 0.29) is 0 Å². The predicted molar refractivity (Wildman–Crippen MR) is 60.1 cm³/mol. The predicted octanol–water partition coefficient (Wildman–Crippen LogP) is 3.93. The molecule has 0 unspecified atom stereocenters. The van der Waals surface area contributed by atoms with E-state index in [1.165, 1.54) is 25.0 Å². The molecule has 0 saturated carbocycles. The van der Waals surface area contributed by atoms with Crippen LogP contribution in [-0.2, 0) is 3.07 Å². The summed E-state index contributed by atoms with van der Waals surface area (Å²) in [5, 5.41) is 0. The summed E-state index contributed by atoms with van der Waals surface area (Å²) in [7, 11) is 0. The van der Waals surface area contributed by atoms with Crippen LogP contribution in [0.5, 0.6) is 0 Å². The van der Waals surface area contributed by atoms with E-state index in [1.807, 2.05) is 0 Å². The molecule has 1 nitrogen and oxygen atoms in total. The molecular weight excluding hydrogens is 267 g/mol. The molecular formula is C11H22OSn. The Morgan fingerprint density at radius 2 is 1.92 bits per heavy atom. The molecule has 1 rings (SSSR count). The topological polar surface area (TPSA) is 9.23 Å². The van der Waals surface area contributed by atoms with Crippen molar-refractivity contribution in [1.82, 2.24) is 0 Å². The molecule has 0 atom stereocenters. The standard InChI is InChI=1S/C8H14O.3CH3.Sn/c1-8(2)6-4-3-5-7(8)9;;;;/h5,9H,3-4,6H2,1-2H3;3*1H3;/q;;;;+1/p-1. The Hall–Kier alpha value is 0.339. The van der Waals surface area contributed by atoms with Crippen LogP contribution in [0.2, 0.25) is 14.8 Å². The quantitative estimate of drug-likeness (QED) is 0.700. The van der Waals surface area contributed by atoms with E-state index >= 15 is 0 Å². The first-order valence-electron chi connectivity index (χ1n) is 5.21. The van der Waals surface area contributed by atoms with Crippen molar-refractivity contribution >= 4 is 18.8 Å². The summed E-state index contributed by atoms with van der Waals surface area (Å²) in [6.07, 6.45) is 6.12. The van der Waals surface area contributed by atoms with Gasteiger partial charge in [-0.25, -0.2) is 0 Å². The summed E-state index contributed by atoms with van der Waals surface area (Å²) in [5.41, 5.74) is 0.294. The number of rotatable bonds is 2. The third kappa shape index (κ3) is 3.53. The van der Waals surface area contributed by atoms with Gasteiger partial charge in [-0.2, -0.15) is 0 Å². The zero-order chi connectivity index (χ0) is 10.1. The molecule has 0 aromatic rings. The third-order valence-corrected chi connectivity index (χ3v) is 4.79. The number of hydrogen-bond acceptors (Lipinski definition) is 1. The van der Waals surface area contributed by atoms with Crippen LogP contribution in [0.25, 0.3) is 0 Å². The maximum atomic E-state index is 6.16. The SMILES string of the molecule is CC1(C)CCCC=C1[O][Sn]([CH3])([CH3])[CH3]. The minimum absolute atomic E-state index is 0.294. The second-order valence-electron chi connectivity index (χ2n) is 5.56. The van der Waals surface area contributed by atoms with Crippen molar-refractivity contribution in [1.29, 1.82) is 0 Å². The van der Waals surface area contributed by atoms with E-state index in [0.29, 0.717) is 5.41 Å². The molecule has 1 aliphatic rings. The zero-order valence-corrected chi connectivity index (χ0v) is 12.5. The molecule has 0 aromatic carbocycles. The van der Waals surface area contributed by atoms with Gasteiger partial charge in [0, 0.05) is 0 Å². The summed E-state index contributed by atoms with van der Waals surface area (Å²) in [6.45, 7) is 4.60. The van der Waals surface area contributed by atoms with Crippen LogP contribution in [-0.4, -0.2) is 18.8 Å². The molecule has 0 spiro atoms. The molecule has 13 heavy (non-hydrogen) atoms. The van der Waals surface area contributed by atoms with Crippen molar-refractivity contribution in [3.05, 3.63) is 11.8 Å². The zero-order valence-electron chi connectivity index (χ0n) is 9.61. The first-order valence-corrected chi connectivity index (χ1v) is 14.9. The van der Waals surface area contributed by atoms with Crippen LogP contribution in [0.15, 0.2) is 11.8 Å². The van der Waals surface area contributed by atoms with Crippen LogP contribution in [0.4, 0.5) is 0 Å². The number of hydrogen-bond donors (Lipinski definition) is 0. The van der Waals surface area contributed by atoms with Crippen molar-refractivity contribution in [2.75, 3.05) is 0 Å². The first kappa shape index (κ1) is 11.4. The van der Waals surface area contributed by atoms with Gasteiger partial charge in [0.25, 0.3) is 0 Å². The van der Waals surface area contributed by atoms with Gasteiger partial charge >= 0.3 is 87.0 Å². The fourth-order valence-electron chi connectivity index (χ4n) is 1.69. The Morgan fingerprint density at radius 3 is 2.38 bits per heavy atom. The van der Waals surface area contributed by atoms with E-state index < -0.39 is 18.8 Å². The third-order valence-electron chi connectivity index (χ3n) is 2.42. The molecule has 1 aliphatic carbocycles. The van der Waals surface area contributed by atoms with Crippen molar-refractivity contribution in [2.45, 2.75) is 47.9 Å². The number of allylic oxidation sites excluding steroid dienone is 2. The van der Waals surface area contributed by atoms with E-state index in [2.05, 4.69) is 34.7 Å². The Labute approximate surface area is 87.0 Å². The van der Waals surface area contributed by atoms with Crippen LogP contribution in [0.3, 0.4) is 0 Å². The molecule has 0 amide bonds. The maximum absolute atomic E-state index is 6.16. The van der Waals surface area contributed by atoms with Gasteiger partial charge in [0.05, 0.1) is 0 Å². The van der Waals surface area contributed by atoms with Crippen LogP contribution >= 0.6 is 0 Å². The van der Waals surface area contributed by atoms with Gasteiger partial charge < -0.3 is 0 Å². The van der Waals surface area contributed by atoms with Crippen molar-refractivity contribution < 1.29 is 3.07 Å². The monoisotopic (exact) mass is 290 g/mol. The Bertz CT molecular complexity index is 211. The molecule has 0 saturated heterocycles. The Balaban J connectivity index is 2.72.